The second-order valence-electron chi connectivity index (χ2n) is 7.71. The molecule has 4 rings (SSSR count). The first-order chi connectivity index (χ1) is 15.2. The number of piperidine rings is 1. The van der Waals surface area contributed by atoms with Gasteiger partial charge in [-0.15, -0.1) is 0 Å². The quantitative estimate of drug-likeness (QED) is 0.654. The SMILES string of the molecule is O=C(NC1CCN(C(=O)c2cccc(OCc3ccccc3)c2)CC1)c1ccccc1. The van der Waals surface area contributed by atoms with Crippen LogP contribution in [0.4, 0.5) is 0 Å². The van der Waals surface area contributed by atoms with E-state index in [9.17, 15) is 9.59 Å². The third kappa shape index (κ3) is 5.51. The Kier molecular flexibility index (Phi) is 6.62. The number of benzene rings is 3. The lowest BCUT2D eigenvalue weighted by Gasteiger charge is -2.32. The van der Waals surface area contributed by atoms with E-state index in [0.717, 1.165) is 18.4 Å². The predicted molar refractivity (Wildman–Crippen MR) is 120 cm³/mol. The molecule has 1 saturated heterocycles. The average molecular weight is 415 g/mol. The van der Waals surface area contributed by atoms with Gasteiger partial charge in [0.05, 0.1) is 0 Å². The van der Waals surface area contributed by atoms with Crippen LogP contribution in [0, 0.1) is 0 Å². The molecule has 0 atom stereocenters. The summed E-state index contributed by atoms with van der Waals surface area (Å²) < 4.78 is 5.85. The Bertz CT molecular complexity index is 1010. The van der Waals surface area contributed by atoms with Crippen LogP contribution < -0.4 is 10.1 Å². The zero-order valence-corrected chi connectivity index (χ0v) is 17.4. The summed E-state index contributed by atoms with van der Waals surface area (Å²) in [5.41, 5.74) is 2.37. The fourth-order valence-corrected chi connectivity index (χ4v) is 3.73. The largest absolute Gasteiger partial charge is 0.489 e. The second-order valence-corrected chi connectivity index (χ2v) is 7.71. The normalized spacial score (nSPS) is 14.1. The number of ether oxygens (including phenoxy) is 1. The molecule has 0 radical (unpaired) electrons. The monoisotopic (exact) mass is 414 g/mol. The fraction of sp³-hybridized carbons (Fsp3) is 0.231. The van der Waals surface area contributed by atoms with Crippen LogP contribution in [0.3, 0.4) is 0 Å². The molecule has 3 aromatic carbocycles. The molecule has 1 fully saturated rings. The molecule has 0 aromatic heterocycles. The number of nitrogens with one attached hydrogen (secondary N) is 1. The minimum atomic E-state index is -0.0614. The Morgan fingerprint density at radius 2 is 1.48 bits per heavy atom. The van der Waals surface area contributed by atoms with Gasteiger partial charge in [-0.05, 0) is 48.7 Å². The van der Waals surface area contributed by atoms with Crippen molar-refractivity contribution in [2.45, 2.75) is 25.5 Å². The van der Waals surface area contributed by atoms with Gasteiger partial charge in [0.25, 0.3) is 11.8 Å². The third-order valence-corrected chi connectivity index (χ3v) is 5.48. The zero-order valence-electron chi connectivity index (χ0n) is 17.4. The molecule has 0 bridgehead atoms. The van der Waals surface area contributed by atoms with Gasteiger partial charge in [-0.3, -0.25) is 9.59 Å². The van der Waals surface area contributed by atoms with Crippen molar-refractivity contribution >= 4 is 11.8 Å². The molecule has 1 aliphatic rings. The smallest absolute Gasteiger partial charge is 0.253 e. The van der Waals surface area contributed by atoms with Crippen LogP contribution in [0.15, 0.2) is 84.9 Å². The molecule has 31 heavy (non-hydrogen) atoms. The van der Waals surface area contributed by atoms with Crippen molar-refractivity contribution in [2.75, 3.05) is 13.1 Å². The molecule has 0 saturated carbocycles. The summed E-state index contributed by atoms with van der Waals surface area (Å²) in [5.74, 6) is 0.617. The van der Waals surface area contributed by atoms with Crippen molar-refractivity contribution in [2.24, 2.45) is 0 Å². The maximum atomic E-state index is 13.0. The van der Waals surface area contributed by atoms with Crippen molar-refractivity contribution in [3.63, 3.8) is 0 Å². The van der Waals surface area contributed by atoms with Gasteiger partial charge in [0.1, 0.15) is 12.4 Å². The van der Waals surface area contributed by atoms with Gasteiger partial charge in [0.2, 0.25) is 0 Å². The summed E-state index contributed by atoms with van der Waals surface area (Å²) in [6.45, 7) is 1.70. The first kappa shape index (κ1) is 20.7. The molecule has 1 heterocycles. The molecular formula is C26H26N2O3. The minimum Gasteiger partial charge on any atom is -0.489 e. The van der Waals surface area contributed by atoms with Crippen molar-refractivity contribution in [3.8, 4) is 5.75 Å². The van der Waals surface area contributed by atoms with Gasteiger partial charge in [-0.1, -0.05) is 54.6 Å². The van der Waals surface area contributed by atoms with E-state index >= 15 is 0 Å². The molecule has 5 nitrogen and oxygen atoms in total. The second kappa shape index (κ2) is 9.94. The number of nitrogens with zero attached hydrogens (tertiary/aromatic N) is 1. The van der Waals surface area contributed by atoms with E-state index in [-0.39, 0.29) is 17.9 Å². The molecule has 1 N–H and O–H groups in total. The number of hydrogen-bond donors (Lipinski definition) is 1. The van der Waals surface area contributed by atoms with Crippen molar-refractivity contribution in [1.29, 1.82) is 0 Å². The Hall–Kier alpha value is -3.60. The minimum absolute atomic E-state index is 0.00185. The maximum Gasteiger partial charge on any atom is 0.253 e. The van der Waals surface area contributed by atoms with Gasteiger partial charge in [-0.2, -0.15) is 0 Å². The molecule has 1 aliphatic heterocycles. The summed E-state index contributed by atoms with van der Waals surface area (Å²) in [6.07, 6.45) is 1.49. The number of rotatable bonds is 6. The summed E-state index contributed by atoms with van der Waals surface area (Å²) in [7, 11) is 0. The van der Waals surface area contributed by atoms with E-state index in [1.54, 1.807) is 18.2 Å². The Morgan fingerprint density at radius 3 is 2.19 bits per heavy atom. The van der Waals surface area contributed by atoms with E-state index in [2.05, 4.69) is 5.32 Å². The molecule has 0 spiro atoms. The van der Waals surface area contributed by atoms with Crippen LogP contribution in [-0.4, -0.2) is 35.8 Å². The lowest BCUT2D eigenvalue weighted by molar-refractivity contribution is 0.0697. The highest BCUT2D eigenvalue weighted by atomic mass is 16.5. The topological polar surface area (TPSA) is 58.6 Å². The average Bonchev–Trinajstić information content (AvgIpc) is 2.84. The van der Waals surface area contributed by atoms with Gasteiger partial charge >= 0.3 is 0 Å². The van der Waals surface area contributed by atoms with Crippen LogP contribution in [0.25, 0.3) is 0 Å². The zero-order chi connectivity index (χ0) is 21.5. The Balaban J connectivity index is 1.30. The standard InChI is InChI=1S/C26H26N2O3/c29-25(21-10-5-2-6-11-21)27-23-14-16-28(17-15-23)26(30)22-12-7-13-24(18-22)31-19-20-8-3-1-4-9-20/h1-13,18,23H,14-17,19H2,(H,27,29). The molecule has 2 amide bonds. The summed E-state index contributed by atoms with van der Waals surface area (Å²) in [4.78, 5) is 27.2. The summed E-state index contributed by atoms with van der Waals surface area (Å²) in [6, 6.07) is 26.6. The first-order valence-electron chi connectivity index (χ1n) is 10.6. The number of hydrogen-bond acceptors (Lipinski definition) is 3. The van der Waals surface area contributed by atoms with Crippen molar-refractivity contribution in [1.82, 2.24) is 10.2 Å². The lowest BCUT2D eigenvalue weighted by atomic mass is 10.0. The third-order valence-electron chi connectivity index (χ3n) is 5.48. The van der Waals surface area contributed by atoms with E-state index in [0.29, 0.717) is 36.6 Å². The predicted octanol–water partition coefficient (Wildman–Crippen LogP) is 4.30. The van der Waals surface area contributed by atoms with Crippen molar-refractivity contribution < 1.29 is 14.3 Å². The van der Waals surface area contributed by atoms with E-state index in [1.807, 2.05) is 71.6 Å². The van der Waals surface area contributed by atoms with Crippen LogP contribution in [-0.2, 0) is 6.61 Å². The number of carbonyl (C=O) groups excluding carboxylic acids is 2. The number of likely N-dealkylation sites (tertiary alicyclic amines) is 1. The number of carbonyl (C=O) groups is 2. The van der Waals surface area contributed by atoms with Crippen LogP contribution in [0.1, 0.15) is 39.1 Å². The molecule has 0 aliphatic carbocycles. The number of amides is 2. The van der Waals surface area contributed by atoms with Gasteiger partial charge < -0.3 is 15.0 Å². The highest BCUT2D eigenvalue weighted by Gasteiger charge is 2.25. The van der Waals surface area contributed by atoms with E-state index < -0.39 is 0 Å². The molecule has 0 unspecified atom stereocenters. The van der Waals surface area contributed by atoms with Gasteiger partial charge in [-0.25, -0.2) is 0 Å². The fourth-order valence-electron chi connectivity index (χ4n) is 3.73. The summed E-state index contributed by atoms with van der Waals surface area (Å²) >= 11 is 0. The van der Waals surface area contributed by atoms with E-state index in [1.165, 1.54) is 0 Å². The summed E-state index contributed by atoms with van der Waals surface area (Å²) in [5, 5.41) is 3.08. The maximum absolute atomic E-state index is 13.0. The van der Waals surface area contributed by atoms with E-state index in [4.69, 9.17) is 4.74 Å². The highest BCUT2D eigenvalue weighted by Crippen LogP contribution is 2.19. The van der Waals surface area contributed by atoms with Gasteiger partial charge in [0.15, 0.2) is 0 Å². The molecular weight excluding hydrogens is 388 g/mol. The van der Waals surface area contributed by atoms with Gasteiger partial charge in [0, 0.05) is 30.3 Å². The molecule has 3 aromatic rings. The first-order valence-corrected chi connectivity index (χ1v) is 10.6. The lowest BCUT2D eigenvalue weighted by Crippen LogP contribution is -2.46. The highest BCUT2D eigenvalue weighted by molar-refractivity contribution is 5.95. The van der Waals surface area contributed by atoms with Crippen molar-refractivity contribution in [3.05, 3.63) is 102 Å². The van der Waals surface area contributed by atoms with Crippen LogP contribution in [0.5, 0.6) is 5.75 Å². The molecule has 5 heteroatoms. The Labute approximate surface area is 182 Å². The molecule has 158 valence electrons. The van der Waals surface area contributed by atoms with Crippen LogP contribution in [0.2, 0.25) is 0 Å². The van der Waals surface area contributed by atoms with Crippen LogP contribution >= 0.6 is 0 Å². The Morgan fingerprint density at radius 1 is 0.839 bits per heavy atom.